The largest absolute Gasteiger partial charge is 0.305 e. The van der Waals surface area contributed by atoms with E-state index in [1.807, 2.05) is 19.9 Å². The Morgan fingerprint density at radius 3 is 2.81 bits per heavy atom. The van der Waals surface area contributed by atoms with Crippen LogP contribution in [-0.2, 0) is 6.42 Å². The van der Waals surface area contributed by atoms with Gasteiger partial charge in [-0.3, -0.25) is 14.0 Å². The second-order valence-electron chi connectivity index (χ2n) is 6.60. The summed E-state index contributed by atoms with van der Waals surface area (Å²) in [5.74, 6) is -0.891. The van der Waals surface area contributed by atoms with Crippen LogP contribution in [0.4, 0.5) is 10.1 Å². The maximum atomic E-state index is 14.7. The molecule has 134 valence electrons. The summed E-state index contributed by atoms with van der Waals surface area (Å²) in [7, 11) is 0. The lowest BCUT2D eigenvalue weighted by Gasteiger charge is -2.30. The normalized spacial score (nSPS) is 13.9. The van der Waals surface area contributed by atoms with Gasteiger partial charge in [-0.1, -0.05) is 12.1 Å². The Bertz CT molecular complexity index is 1120. The van der Waals surface area contributed by atoms with Crippen molar-refractivity contribution < 1.29 is 9.18 Å². The van der Waals surface area contributed by atoms with E-state index in [0.717, 1.165) is 29.0 Å². The summed E-state index contributed by atoms with van der Waals surface area (Å²) < 4.78 is 16.2. The van der Waals surface area contributed by atoms with Crippen LogP contribution in [0.5, 0.6) is 0 Å². The molecule has 0 saturated carbocycles. The molecule has 0 radical (unpaired) electrons. The van der Waals surface area contributed by atoms with Crippen molar-refractivity contribution in [2.45, 2.75) is 33.6 Å². The van der Waals surface area contributed by atoms with Gasteiger partial charge in [-0.05, 0) is 44.7 Å². The minimum absolute atomic E-state index is 0.0304. The second-order valence-corrected chi connectivity index (χ2v) is 7.78. The van der Waals surface area contributed by atoms with Crippen LogP contribution < -0.4 is 10.5 Å². The molecule has 0 spiro atoms. The number of anilines is 1. The number of aryl methyl sites for hydroxylation is 4. The van der Waals surface area contributed by atoms with Gasteiger partial charge in [0.2, 0.25) is 0 Å². The highest BCUT2D eigenvalue weighted by atomic mass is 32.1. The number of hydrogen-bond donors (Lipinski definition) is 0. The van der Waals surface area contributed by atoms with Crippen LogP contribution in [-0.4, -0.2) is 21.8 Å². The lowest BCUT2D eigenvalue weighted by atomic mass is 9.98. The van der Waals surface area contributed by atoms with Gasteiger partial charge in [-0.2, -0.15) is 0 Å². The van der Waals surface area contributed by atoms with Gasteiger partial charge in [0, 0.05) is 23.3 Å². The van der Waals surface area contributed by atoms with E-state index in [-0.39, 0.29) is 5.56 Å². The van der Waals surface area contributed by atoms with Crippen LogP contribution in [0.25, 0.3) is 4.96 Å². The molecule has 1 amide bonds. The number of halogens is 1. The maximum absolute atomic E-state index is 14.7. The molecule has 3 heterocycles. The fourth-order valence-corrected chi connectivity index (χ4v) is 4.34. The molecule has 0 unspecified atom stereocenters. The molecule has 0 atom stereocenters. The van der Waals surface area contributed by atoms with Crippen LogP contribution in [0.15, 0.2) is 23.1 Å². The lowest BCUT2D eigenvalue weighted by Crippen LogP contribution is -2.39. The molecule has 1 aromatic carbocycles. The average molecular weight is 371 g/mol. The van der Waals surface area contributed by atoms with Crippen LogP contribution in [0, 0.1) is 26.6 Å². The predicted octanol–water partition coefficient (Wildman–Crippen LogP) is 3.41. The Labute approximate surface area is 153 Å². The first-order chi connectivity index (χ1) is 12.4. The summed E-state index contributed by atoms with van der Waals surface area (Å²) in [5, 5.41) is 0. The van der Waals surface area contributed by atoms with E-state index in [9.17, 15) is 14.0 Å². The average Bonchev–Trinajstić information content (AvgIpc) is 2.92. The molecule has 2 aromatic heterocycles. The standard InChI is InChI=1S/C19H18FN3O2S/c1-10-6-7-13-5-4-8-22(16(13)15(10)20)17(24)14-9-21-19-23(18(14)25)11(2)12(3)26-19/h6-7,9H,4-5,8H2,1-3H3. The van der Waals surface area contributed by atoms with Gasteiger partial charge in [0.25, 0.3) is 11.5 Å². The number of amides is 1. The van der Waals surface area contributed by atoms with E-state index in [1.165, 1.54) is 26.8 Å². The summed E-state index contributed by atoms with van der Waals surface area (Å²) in [6.45, 7) is 5.80. The smallest absolute Gasteiger partial charge is 0.271 e. The molecule has 0 aliphatic carbocycles. The number of carbonyl (C=O) groups is 1. The Balaban J connectivity index is 1.87. The van der Waals surface area contributed by atoms with E-state index in [1.54, 1.807) is 13.0 Å². The molecule has 5 nitrogen and oxygen atoms in total. The number of nitrogens with zero attached hydrogens (tertiary/aromatic N) is 3. The topological polar surface area (TPSA) is 54.7 Å². The van der Waals surface area contributed by atoms with Gasteiger partial charge < -0.3 is 4.90 Å². The number of hydrogen-bond acceptors (Lipinski definition) is 4. The number of rotatable bonds is 1. The number of fused-ring (bicyclic) bond motifs is 2. The monoisotopic (exact) mass is 371 g/mol. The van der Waals surface area contributed by atoms with Crippen LogP contribution in [0.2, 0.25) is 0 Å². The molecule has 0 N–H and O–H groups in total. The van der Waals surface area contributed by atoms with Crippen molar-refractivity contribution in [3.8, 4) is 0 Å². The molecule has 26 heavy (non-hydrogen) atoms. The zero-order valence-electron chi connectivity index (χ0n) is 14.8. The molecule has 3 aromatic rings. The van der Waals surface area contributed by atoms with Crippen molar-refractivity contribution >= 4 is 27.9 Å². The number of carbonyl (C=O) groups excluding carboxylic acids is 1. The molecule has 1 aliphatic rings. The fraction of sp³-hybridized carbons (Fsp3) is 0.316. The summed E-state index contributed by atoms with van der Waals surface area (Å²) in [6.07, 6.45) is 2.77. The van der Waals surface area contributed by atoms with Crippen LogP contribution in [0.1, 0.15) is 38.5 Å². The highest BCUT2D eigenvalue weighted by molar-refractivity contribution is 7.17. The molecular formula is C19H18FN3O2S. The molecule has 1 aliphatic heterocycles. The molecule has 0 saturated heterocycles. The van der Waals surface area contributed by atoms with Gasteiger partial charge in [0.1, 0.15) is 11.4 Å². The molecule has 0 fully saturated rings. The maximum Gasteiger partial charge on any atom is 0.271 e. The Morgan fingerprint density at radius 1 is 1.27 bits per heavy atom. The van der Waals surface area contributed by atoms with E-state index < -0.39 is 17.3 Å². The zero-order chi connectivity index (χ0) is 18.6. The third-order valence-corrected chi connectivity index (χ3v) is 6.06. The third-order valence-electron chi connectivity index (χ3n) is 4.98. The number of thiazole rings is 1. The minimum atomic E-state index is -0.495. The minimum Gasteiger partial charge on any atom is -0.305 e. The highest BCUT2D eigenvalue weighted by Crippen LogP contribution is 2.32. The van der Waals surface area contributed by atoms with Gasteiger partial charge in [-0.15, -0.1) is 11.3 Å². The van der Waals surface area contributed by atoms with Crippen molar-refractivity contribution in [2.75, 3.05) is 11.4 Å². The molecule has 0 bridgehead atoms. The van der Waals surface area contributed by atoms with E-state index >= 15 is 0 Å². The lowest BCUT2D eigenvalue weighted by molar-refractivity contribution is 0.0982. The predicted molar refractivity (Wildman–Crippen MR) is 99.9 cm³/mol. The first-order valence-corrected chi connectivity index (χ1v) is 9.29. The highest BCUT2D eigenvalue weighted by Gasteiger charge is 2.29. The second kappa shape index (κ2) is 6.02. The van der Waals surface area contributed by atoms with Crippen LogP contribution >= 0.6 is 11.3 Å². The first-order valence-electron chi connectivity index (χ1n) is 8.47. The Morgan fingerprint density at radius 2 is 2.04 bits per heavy atom. The summed E-state index contributed by atoms with van der Waals surface area (Å²) in [4.78, 5) is 33.2. The van der Waals surface area contributed by atoms with Crippen molar-refractivity contribution in [1.82, 2.24) is 9.38 Å². The van der Waals surface area contributed by atoms with Crippen LogP contribution in [0.3, 0.4) is 0 Å². The van der Waals surface area contributed by atoms with E-state index in [2.05, 4.69) is 4.98 Å². The third kappa shape index (κ3) is 2.38. The van der Waals surface area contributed by atoms with Gasteiger partial charge in [0.15, 0.2) is 4.96 Å². The summed E-state index contributed by atoms with van der Waals surface area (Å²) >= 11 is 1.41. The molecule has 7 heteroatoms. The Hall–Kier alpha value is -2.54. The molecular weight excluding hydrogens is 353 g/mol. The molecule has 4 rings (SSSR count). The summed E-state index contributed by atoms with van der Waals surface area (Å²) in [6, 6.07) is 3.58. The van der Waals surface area contributed by atoms with Crippen molar-refractivity contribution in [3.63, 3.8) is 0 Å². The van der Waals surface area contributed by atoms with Gasteiger partial charge >= 0.3 is 0 Å². The number of aromatic nitrogens is 2. The van der Waals surface area contributed by atoms with Crippen molar-refractivity contribution in [2.24, 2.45) is 0 Å². The SMILES string of the molecule is Cc1ccc2c(c1F)N(C(=O)c1cnc3sc(C)c(C)n3c1=O)CCC2. The summed E-state index contributed by atoms with van der Waals surface area (Å²) in [5.41, 5.74) is 1.92. The quantitative estimate of drug-likeness (QED) is 0.659. The van der Waals surface area contributed by atoms with Crippen molar-refractivity contribution in [3.05, 3.63) is 61.8 Å². The van der Waals surface area contributed by atoms with Crippen molar-refractivity contribution in [1.29, 1.82) is 0 Å². The van der Waals surface area contributed by atoms with Gasteiger partial charge in [-0.25, -0.2) is 9.37 Å². The number of benzene rings is 1. The van der Waals surface area contributed by atoms with Gasteiger partial charge in [0.05, 0.1) is 5.69 Å². The van der Waals surface area contributed by atoms with E-state index in [0.29, 0.717) is 22.8 Å². The Kier molecular flexibility index (Phi) is 3.91. The van der Waals surface area contributed by atoms with E-state index in [4.69, 9.17) is 0 Å². The fourth-order valence-electron chi connectivity index (χ4n) is 3.41. The first kappa shape index (κ1) is 16.9. The zero-order valence-corrected chi connectivity index (χ0v) is 15.6.